The second-order valence-corrected chi connectivity index (χ2v) is 6.63. The van der Waals surface area contributed by atoms with Gasteiger partial charge in [0.2, 0.25) is 7.49 Å². The average molecular weight is 193 g/mol. The van der Waals surface area contributed by atoms with Gasteiger partial charge in [0.25, 0.3) is 0 Å². The predicted octanol–water partition coefficient (Wildman–Crippen LogP) is 2.54. The van der Waals surface area contributed by atoms with E-state index in [-0.39, 0.29) is 0 Å². The summed E-state index contributed by atoms with van der Waals surface area (Å²) >= 11 is 0. The minimum atomic E-state index is -1.96. The Morgan fingerprint density at radius 3 is 2.46 bits per heavy atom. The third kappa shape index (κ3) is 1.43. The lowest BCUT2D eigenvalue weighted by atomic mass is 10.3. The zero-order chi connectivity index (χ0) is 9.31. The summed E-state index contributed by atoms with van der Waals surface area (Å²) in [4.78, 5) is 10.4. The molecule has 0 saturated carbocycles. The van der Waals surface area contributed by atoms with Gasteiger partial charge in [-0.1, -0.05) is 24.8 Å². The Hall–Kier alpha value is -0.650. The smallest absolute Gasteiger partial charge is 0.201 e. The first kappa shape index (κ1) is 8.93. The Labute approximate surface area is 79.5 Å². The molecule has 0 radical (unpaired) electrons. The quantitative estimate of drug-likeness (QED) is 0.679. The van der Waals surface area contributed by atoms with Crippen LogP contribution >= 0.6 is 7.49 Å². The zero-order valence-corrected chi connectivity index (χ0v) is 8.50. The van der Waals surface area contributed by atoms with E-state index in [0.717, 1.165) is 29.6 Å². The predicted molar refractivity (Wildman–Crippen MR) is 58.5 cm³/mol. The van der Waals surface area contributed by atoms with Gasteiger partial charge in [0, 0.05) is 6.42 Å². The van der Waals surface area contributed by atoms with Crippen molar-refractivity contribution in [2.24, 2.45) is 0 Å². The zero-order valence-electron chi connectivity index (χ0n) is 7.61. The molecule has 0 aliphatic carbocycles. The number of hydrogen-bond donors (Lipinski definition) is 1. The van der Waals surface area contributed by atoms with E-state index in [1.54, 1.807) is 0 Å². The molecule has 1 nitrogen and oxygen atoms in total. The molecule has 1 fully saturated rings. The molecule has 68 valence electrons. The van der Waals surface area contributed by atoms with Crippen LogP contribution in [0.3, 0.4) is 0 Å². The van der Waals surface area contributed by atoms with E-state index in [1.807, 2.05) is 30.3 Å². The highest BCUT2D eigenvalue weighted by Crippen LogP contribution is 2.66. The maximum atomic E-state index is 10.4. The molecule has 1 aromatic rings. The third-order valence-electron chi connectivity index (χ3n) is 2.65. The van der Waals surface area contributed by atoms with Crippen molar-refractivity contribution < 1.29 is 4.89 Å². The normalized spacial score (nSPS) is 27.9. The number of rotatable bonds is 1. The highest BCUT2D eigenvalue weighted by Gasteiger charge is 2.45. The fraction of sp³-hybridized carbons (Fsp3) is 0.273. The van der Waals surface area contributed by atoms with E-state index >= 15 is 0 Å². The van der Waals surface area contributed by atoms with Crippen molar-refractivity contribution >= 4 is 12.8 Å². The van der Waals surface area contributed by atoms with Crippen LogP contribution in [0.15, 0.2) is 42.2 Å². The summed E-state index contributed by atoms with van der Waals surface area (Å²) < 4.78 is 0. The second kappa shape index (κ2) is 3.25. The van der Waals surface area contributed by atoms with E-state index < -0.39 is 7.49 Å². The molecule has 1 unspecified atom stereocenters. The van der Waals surface area contributed by atoms with Gasteiger partial charge in [-0.3, -0.25) is 0 Å². The Balaban J connectivity index is 2.40. The molecule has 1 N–H and O–H groups in total. The van der Waals surface area contributed by atoms with Crippen molar-refractivity contribution in [3.05, 3.63) is 42.2 Å². The molecule has 2 rings (SSSR count). The van der Waals surface area contributed by atoms with Crippen LogP contribution in [0, 0.1) is 0 Å². The molecule has 0 spiro atoms. The first-order chi connectivity index (χ1) is 6.23. The molecular weight excluding hydrogens is 179 g/mol. The van der Waals surface area contributed by atoms with E-state index in [2.05, 4.69) is 6.58 Å². The van der Waals surface area contributed by atoms with Gasteiger partial charge in [0.1, 0.15) is 5.30 Å². The standard InChI is InChI=1S/C11H14OP/c1-10-6-5-9-13(10,12)11-7-3-2-4-8-11/h2-4,7-8,12H,1,5-6,9H2/q+1. The topological polar surface area (TPSA) is 20.2 Å². The molecule has 1 aromatic carbocycles. The van der Waals surface area contributed by atoms with Crippen molar-refractivity contribution in [2.45, 2.75) is 12.8 Å². The van der Waals surface area contributed by atoms with Crippen molar-refractivity contribution in [1.29, 1.82) is 0 Å². The van der Waals surface area contributed by atoms with Crippen molar-refractivity contribution in [2.75, 3.05) is 6.16 Å². The number of allylic oxidation sites excluding steroid dienone is 1. The first-order valence-electron chi connectivity index (χ1n) is 4.58. The fourth-order valence-electron chi connectivity index (χ4n) is 1.84. The summed E-state index contributed by atoms with van der Waals surface area (Å²) in [7, 11) is -1.96. The highest BCUT2D eigenvalue weighted by molar-refractivity contribution is 7.81. The lowest BCUT2D eigenvalue weighted by Gasteiger charge is -2.13. The van der Waals surface area contributed by atoms with Crippen LogP contribution in [0.1, 0.15) is 12.8 Å². The van der Waals surface area contributed by atoms with Gasteiger partial charge in [-0.05, 0) is 18.6 Å². The highest BCUT2D eigenvalue weighted by atomic mass is 31.2. The Morgan fingerprint density at radius 2 is 1.92 bits per heavy atom. The van der Waals surface area contributed by atoms with Crippen LogP contribution < -0.4 is 5.30 Å². The van der Waals surface area contributed by atoms with Crippen molar-refractivity contribution in [3.63, 3.8) is 0 Å². The first-order valence-corrected chi connectivity index (χ1v) is 6.51. The fourth-order valence-corrected chi connectivity index (χ4v) is 4.59. The molecule has 13 heavy (non-hydrogen) atoms. The molecule has 1 saturated heterocycles. The van der Waals surface area contributed by atoms with Gasteiger partial charge in [-0.2, -0.15) is 0 Å². The lowest BCUT2D eigenvalue weighted by molar-refractivity contribution is 0.622. The van der Waals surface area contributed by atoms with Crippen molar-refractivity contribution in [1.82, 2.24) is 0 Å². The van der Waals surface area contributed by atoms with Crippen LogP contribution in [-0.4, -0.2) is 11.1 Å². The largest absolute Gasteiger partial charge is 0.241 e. The minimum Gasteiger partial charge on any atom is -0.241 e. The van der Waals surface area contributed by atoms with Crippen LogP contribution in [0.4, 0.5) is 0 Å². The molecule has 1 aliphatic rings. The van der Waals surface area contributed by atoms with Crippen molar-refractivity contribution in [3.8, 4) is 0 Å². The van der Waals surface area contributed by atoms with Gasteiger partial charge in [0.05, 0.1) is 11.5 Å². The molecule has 1 aliphatic heterocycles. The Bertz CT molecular complexity index is 320. The summed E-state index contributed by atoms with van der Waals surface area (Å²) in [5, 5.41) is 2.16. The summed E-state index contributed by atoms with van der Waals surface area (Å²) in [5.41, 5.74) is 0. The third-order valence-corrected chi connectivity index (χ3v) is 6.04. The molecule has 0 bridgehead atoms. The van der Waals surface area contributed by atoms with Crippen LogP contribution in [0.25, 0.3) is 0 Å². The average Bonchev–Trinajstić information content (AvgIpc) is 2.50. The van der Waals surface area contributed by atoms with E-state index in [4.69, 9.17) is 0 Å². The molecular formula is C11H14OP+. The van der Waals surface area contributed by atoms with Crippen LogP contribution in [-0.2, 0) is 0 Å². The molecule has 1 atom stereocenters. The van der Waals surface area contributed by atoms with E-state index in [9.17, 15) is 4.89 Å². The molecule has 1 heterocycles. The Morgan fingerprint density at radius 1 is 1.23 bits per heavy atom. The number of benzene rings is 1. The maximum Gasteiger partial charge on any atom is 0.201 e. The molecule has 2 heteroatoms. The van der Waals surface area contributed by atoms with Gasteiger partial charge in [-0.15, -0.1) is 0 Å². The summed E-state index contributed by atoms with van der Waals surface area (Å²) in [6.45, 7) is 3.98. The van der Waals surface area contributed by atoms with E-state index in [1.165, 1.54) is 0 Å². The Kier molecular flexibility index (Phi) is 2.23. The van der Waals surface area contributed by atoms with Crippen LogP contribution in [0.2, 0.25) is 0 Å². The summed E-state index contributed by atoms with van der Waals surface area (Å²) in [6.07, 6.45) is 3.02. The van der Waals surface area contributed by atoms with E-state index in [0.29, 0.717) is 0 Å². The SMILES string of the molecule is C=C1CCC[P+]1(O)c1ccccc1. The summed E-state index contributed by atoms with van der Waals surface area (Å²) in [5.74, 6) is 0. The van der Waals surface area contributed by atoms with Gasteiger partial charge >= 0.3 is 0 Å². The van der Waals surface area contributed by atoms with Gasteiger partial charge in [-0.25, -0.2) is 4.89 Å². The van der Waals surface area contributed by atoms with Crippen LogP contribution in [0.5, 0.6) is 0 Å². The van der Waals surface area contributed by atoms with Gasteiger partial charge in [0.15, 0.2) is 0 Å². The summed E-state index contributed by atoms with van der Waals surface area (Å²) in [6, 6.07) is 9.99. The lowest BCUT2D eigenvalue weighted by Crippen LogP contribution is -2.10. The molecule has 0 amide bonds. The maximum absolute atomic E-state index is 10.4. The second-order valence-electron chi connectivity index (χ2n) is 3.50. The van der Waals surface area contributed by atoms with Gasteiger partial charge < -0.3 is 0 Å². The minimum absolute atomic E-state index is 0.926. The molecule has 0 aromatic heterocycles. The monoisotopic (exact) mass is 193 g/mol. The number of hydrogen-bond acceptors (Lipinski definition) is 1.